The molecular weight excluding hydrogens is 307 g/mol. The third kappa shape index (κ3) is 3.37. The maximum Gasteiger partial charge on any atom is 0.337 e. The second kappa shape index (κ2) is 6.53. The Hall–Kier alpha value is -1.86. The number of ether oxygens (including phenoxy) is 1. The first-order valence-electron chi connectivity index (χ1n) is 5.64. The highest BCUT2D eigenvalue weighted by Gasteiger charge is 2.16. The molecule has 0 aliphatic carbocycles. The summed E-state index contributed by atoms with van der Waals surface area (Å²) in [6.07, 6.45) is 1.94. The standard InChI is InChI=1S/C11H10Cl2N4O3/c12-8-3-2-7(11(18)19)9(13)10(8)20-5-1-4-17-15-6-14-16-17/h2-3,6H,1,4-5H2,(H,18,19). The van der Waals surface area contributed by atoms with Crippen LogP contribution < -0.4 is 4.74 Å². The molecular formula is C11H10Cl2N4O3. The van der Waals surface area contributed by atoms with Gasteiger partial charge in [-0.15, -0.1) is 10.2 Å². The molecule has 0 radical (unpaired) electrons. The number of nitrogens with zero attached hydrogens (tertiary/aromatic N) is 4. The molecule has 0 saturated carbocycles. The first-order valence-corrected chi connectivity index (χ1v) is 6.40. The number of aromatic nitrogens is 4. The van der Waals surface area contributed by atoms with Crippen molar-refractivity contribution in [3.05, 3.63) is 34.1 Å². The van der Waals surface area contributed by atoms with Crippen molar-refractivity contribution in [3.8, 4) is 5.75 Å². The van der Waals surface area contributed by atoms with E-state index in [1.165, 1.54) is 23.3 Å². The minimum Gasteiger partial charge on any atom is -0.490 e. The van der Waals surface area contributed by atoms with Crippen molar-refractivity contribution in [2.75, 3.05) is 6.61 Å². The molecule has 2 rings (SSSR count). The Morgan fingerprint density at radius 2 is 2.20 bits per heavy atom. The highest BCUT2D eigenvalue weighted by molar-refractivity contribution is 6.39. The van der Waals surface area contributed by atoms with Crippen LogP contribution in [0.2, 0.25) is 10.0 Å². The quantitative estimate of drug-likeness (QED) is 0.821. The molecule has 0 spiro atoms. The van der Waals surface area contributed by atoms with Gasteiger partial charge >= 0.3 is 5.97 Å². The van der Waals surface area contributed by atoms with Crippen LogP contribution in [-0.2, 0) is 6.54 Å². The Morgan fingerprint density at radius 3 is 2.85 bits per heavy atom. The Morgan fingerprint density at radius 1 is 1.40 bits per heavy atom. The number of hydrogen-bond donors (Lipinski definition) is 1. The molecule has 0 saturated heterocycles. The smallest absolute Gasteiger partial charge is 0.337 e. The number of carboxylic acids is 1. The zero-order chi connectivity index (χ0) is 14.5. The van der Waals surface area contributed by atoms with Gasteiger partial charge < -0.3 is 9.84 Å². The van der Waals surface area contributed by atoms with Gasteiger partial charge in [-0.05, 0) is 17.3 Å². The Balaban J connectivity index is 1.98. The lowest BCUT2D eigenvalue weighted by atomic mass is 10.2. The van der Waals surface area contributed by atoms with Crippen molar-refractivity contribution in [2.45, 2.75) is 13.0 Å². The van der Waals surface area contributed by atoms with Crippen LogP contribution in [0.25, 0.3) is 0 Å². The van der Waals surface area contributed by atoms with Gasteiger partial charge in [0, 0.05) is 6.42 Å². The molecule has 1 aromatic heterocycles. The van der Waals surface area contributed by atoms with Crippen LogP contribution in [0.3, 0.4) is 0 Å². The summed E-state index contributed by atoms with van der Waals surface area (Å²) in [7, 11) is 0. The van der Waals surface area contributed by atoms with Gasteiger partial charge in [0.05, 0.1) is 28.8 Å². The highest BCUT2D eigenvalue weighted by Crippen LogP contribution is 2.35. The van der Waals surface area contributed by atoms with Gasteiger partial charge in [-0.25, -0.2) is 4.79 Å². The summed E-state index contributed by atoms with van der Waals surface area (Å²) < 4.78 is 5.44. The number of hydrogen-bond acceptors (Lipinski definition) is 5. The molecule has 2 aromatic rings. The molecule has 0 bridgehead atoms. The summed E-state index contributed by atoms with van der Waals surface area (Å²) in [5.74, 6) is -0.969. The lowest BCUT2D eigenvalue weighted by Crippen LogP contribution is -2.08. The number of benzene rings is 1. The molecule has 0 atom stereocenters. The lowest BCUT2D eigenvalue weighted by molar-refractivity contribution is 0.0696. The van der Waals surface area contributed by atoms with Crippen LogP contribution in [0, 0.1) is 0 Å². The average molecular weight is 317 g/mol. The predicted molar refractivity (Wildman–Crippen MR) is 71.4 cm³/mol. The van der Waals surface area contributed by atoms with Crippen molar-refractivity contribution in [1.29, 1.82) is 0 Å². The van der Waals surface area contributed by atoms with E-state index in [0.717, 1.165) is 0 Å². The molecule has 1 heterocycles. The van der Waals surface area contributed by atoms with Crippen LogP contribution in [0.15, 0.2) is 18.5 Å². The molecule has 0 aliphatic rings. The minimum atomic E-state index is -1.14. The molecule has 0 unspecified atom stereocenters. The van der Waals surface area contributed by atoms with Crippen LogP contribution in [0.4, 0.5) is 0 Å². The van der Waals surface area contributed by atoms with Gasteiger partial charge in [0.15, 0.2) is 12.1 Å². The van der Waals surface area contributed by atoms with Crippen molar-refractivity contribution in [3.63, 3.8) is 0 Å². The normalized spacial score (nSPS) is 10.5. The lowest BCUT2D eigenvalue weighted by Gasteiger charge is -2.11. The van der Waals surface area contributed by atoms with E-state index >= 15 is 0 Å². The van der Waals surface area contributed by atoms with E-state index in [1.54, 1.807) is 0 Å². The zero-order valence-electron chi connectivity index (χ0n) is 10.2. The van der Waals surface area contributed by atoms with Crippen LogP contribution in [0.5, 0.6) is 5.75 Å². The zero-order valence-corrected chi connectivity index (χ0v) is 11.7. The van der Waals surface area contributed by atoms with E-state index < -0.39 is 5.97 Å². The van der Waals surface area contributed by atoms with Gasteiger partial charge in [-0.2, -0.15) is 4.80 Å². The van der Waals surface area contributed by atoms with E-state index in [1.807, 2.05) is 0 Å². The second-order valence-corrected chi connectivity index (χ2v) is 4.56. The van der Waals surface area contributed by atoms with E-state index in [4.69, 9.17) is 33.0 Å². The number of carbonyl (C=O) groups is 1. The summed E-state index contributed by atoms with van der Waals surface area (Å²) >= 11 is 11.9. The van der Waals surface area contributed by atoms with Gasteiger partial charge in [-0.1, -0.05) is 23.2 Å². The van der Waals surface area contributed by atoms with Crippen LogP contribution in [0.1, 0.15) is 16.8 Å². The fourth-order valence-corrected chi connectivity index (χ4v) is 2.06. The van der Waals surface area contributed by atoms with E-state index in [9.17, 15) is 4.79 Å². The maximum atomic E-state index is 11.0. The second-order valence-electron chi connectivity index (χ2n) is 3.78. The largest absolute Gasteiger partial charge is 0.490 e. The van der Waals surface area contributed by atoms with E-state index in [0.29, 0.717) is 19.6 Å². The molecule has 0 aliphatic heterocycles. The van der Waals surface area contributed by atoms with Gasteiger partial charge in [0.25, 0.3) is 0 Å². The van der Waals surface area contributed by atoms with Gasteiger partial charge in [0.2, 0.25) is 0 Å². The molecule has 1 N–H and O–H groups in total. The predicted octanol–water partition coefficient (Wildman–Crippen LogP) is 2.15. The van der Waals surface area contributed by atoms with E-state index in [-0.39, 0.29) is 21.4 Å². The molecule has 7 nitrogen and oxygen atoms in total. The number of tetrazole rings is 1. The number of aryl methyl sites for hydroxylation is 1. The fourth-order valence-electron chi connectivity index (χ4n) is 1.50. The first-order chi connectivity index (χ1) is 9.59. The third-order valence-electron chi connectivity index (χ3n) is 2.42. The molecule has 0 amide bonds. The van der Waals surface area contributed by atoms with Gasteiger partial charge in [-0.3, -0.25) is 0 Å². The summed E-state index contributed by atoms with van der Waals surface area (Å²) in [5, 5.41) is 20.3. The summed E-state index contributed by atoms with van der Waals surface area (Å²) in [5.41, 5.74) is -0.0518. The first kappa shape index (κ1) is 14.5. The van der Waals surface area contributed by atoms with Gasteiger partial charge in [0.1, 0.15) is 0 Å². The molecule has 9 heteroatoms. The summed E-state index contributed by atoms with van der Waals surface area (Å²) in [6, 6.07) is 2.77. The van der Waals surface area contributed by atoms with Crippen molar-refractivity contribution < 1.29 is 14.6 Å². The van der Waals surface area contributed by atoms with Crippen molar-refractivity contribution in [2.24, 2.45) is 0 Å². The fraction of sp³-hybridized carbons (Fsp3) is 0.273. The number of carboxylic acid groups (broad SMARTS) is 1. The Kier molecular flexibility index (Phi) is 4.75. The molecule has 0 fully saturated rings. The van der Waals surface area contributed by atoms with Crippen molar-refractivity contribution in [1.82, 2.24) is 20.2 Å². The third-order valence-corrected chi connectivity index (χ3v) is 3.09. The number of rotatable bonds is 6. The molecule has 20 heavy (non-hydrogen) atoms. The molecule has 1 aromatic carbocycles. The van der Waals surface area contributed by atoms with E-state index in [2.05, 4.69) is 15.4 Å². The van der Waals surface area contributed by atoms with Crippen molar-refractivity contribution >= 4 is 29.2 Å². The SMILES string of the molecule is O=C(O)c1ccc(Cl)c(OCCCn2ncnn2)c1Cl. The van der Waals surface area contributed by atoms with Crippen LogP contribution >= 0.6 is 23.2 Å². The Bertz CT molecular complexity index is 604. The highest BCUT2D eigenvalue weighted by atomic mass is 35.5. The topological polar surface area (TPSA) is 90.1 Å². The summed E-state index contributed by atoms with van der Waals surface area (Å²) in [6.45, 7) is 0.817. The summed E-state index contributed by atoms with van der Waals surface area (Å²) in [4.78, 5) is 12.4. The maximum absolute atomic E-state index is 11.0. The Labute approximate surface area is 124 Å². The van der Waals surface area contributed by atoms with Crippen LogP contribution in [-0.4, -0.2) is 37.9 Å². The monoisotopic (exact) mass is 316 g/mol. The molecule has 106 valence electrons. The number of halogens is 2. The minimum absolute atomic E-state index is 0.0103. The average Bonchev–Trinajstić information content (AvgIpc) is 2.90. The number of aromatic carboxylic acids is 1.